The van der Waals surface area contributed by atoms with Gasteiger partial charge < -0.3 is 15.5 Å². The second kappa shape index (κ2) is 13.6. The van der Waals surface area contributed by atoms with Crippen molar-refractivity contribution in [3.63, 3.8) is 0 Å². The van der Waals surface area contributed by atoms with Gasteiger partial charge in [-0.3, -0.25) is 4.79 Å². The van der Waals surface area contributed by atoms with Gasteiger partial charge in [-0.05, 0) is 60.3 Å². The van der Waals surface area contributed by atoms with E-state index in [-0.39, 0.29) is 12.5 Å². The van der Waals surface area contributed by atoms with Crippen molar-refractivity contribution < 1.29 is 15.0 Å². The molecule has 0 spiro atoms. The Morgan fingerprint density at radius 1 is 1.04 bits per heavy atom. The molecule has 142 valence electrons. The Kier molecular flexibility index (Phi) is 12.7. The van der Waals surface area contributed by atoms with Gasteiger partial charge in [0.05, 0.1) is 18.8 Å². The van der Waals surface area contributed by atoms with Gasteiger partial charge in [0.2, 0.25) is 5.91 Å². The largest absolute Gasteiger partial charge is 0.394 e. The highest BCUT2D eigenvalue weighted by molar-refractivity contribution is 5.88. The van der Waals surface area contributed by atoms with Gasteiger partial charge in [-0.25, -0.2) is 0 Å². The van der Waals surface area contributed by atoms with Gasteiger partial charge in [0.15, 0.2) is 0 Å². The zero-order valence-electron chi connectivity index (χ0n) is 16.4. The molecule has 1 amide bonds. The number of hydrogen-bond donors (Lipinski definition) is 3. The number of nitrogens with one attached hydrogen (secondary N) is 1. The Morgan fingerprint density at radius 3 is 2.20 bits per heavy atom. The summed E-state index contributed by atoms with van der Waals surface area (Å²) in [6, 6.07) is -0.690. The van der Waals surface area contributed by atoms with Gasteiger partial charge in [0, 0.05) is 6.08 Å². The molecule has 0 aliphatic heterocycles. The molecule has 0 aromatic rings. The fourth-order valence-electron chi connectivity index (χ4n) is 2.33. The molecule has 0 aromatic heterocycles. The van der Waals surface area contributed by atoms with Crippen molar-refractivity contribution in [3.8, 4) is 0 Å². The van der Waals surface area contributed by atoms with E-state index in [0.29, 0.717) is 0 Å². The first kappa shape index (κ1) is 23.4. The minimum Gasteiger partial charge on any atom is -0.394 e. The van der Waals surface area contributed by atoms with Crippen LogP contribution in [-0.4, -0.2) is 34.9 Å². The smallest absolute Gasteiger partial charge is 0.244 e. The van der Waals surface area contributed by atoms with E-state index in [0.717, 1.165) is 31.3 Å². The zero-order valence-corrected chi connectivity index (χ0v) is 16.4. The summed E-state index contributed by atoms with van der Waals surface area (Å²) in [4.78, 5) is 12.0. The standard InChI is InChI=1S/C21H35NO3/c1-6-9-20(24)19(15-23)22-21(25)14-18(5)13-8-12-17(4)11-7-10-16(2)3/h6,9-10,12,14,19-20,23-24H,7-8,11,13,15H2,1-5H3,(H,22,25)/b9-6+,17-12+,18-14+/t19-,20+/m0/s1. The van der Waals surface area contributed by atoms with Crippen LogP contribution in [0.3, 0.4) is 0 Å². The fourth-order valence-corrected chi connectivity index (χ4v) is 2.33. The molecule has 0 aliphatic carbocycles. The molecule has 0 rings (SSSR count). The molecule has 0 saturated heterocycles. The minimum atomic E-state index is -0.890. The van der Waals surface area contributed by atoms with E-state index in [1.807, 2.05) is 6.92 Å². The third kappa shape index (κ3) is 12.4. The molecule has 0 bridgehead atoms. The molecule has 0 radical (unpaired) electrons. The first-order chi connectivity index (χ1) is 11.8. The summed E-state index contributed by atoms with van der Waals surface area (Å²) < 4.78 is 0. The third-order valence-electron chi connectivity index (χ3n) is 3.83. The Labute approximate surface area is 153 Å². The number of carbonyl (C=O) groups is 1. The molecule has 25 heavy (non-hydrogen) atoms. The summed E-state index contributed by atoms with van der Waals surface area (Å²) in [5, 5.41) is 21.7. The normalized spacial score (nSPS) is 15.2. The van der Waals surface area contributed by atoms with Crippen molar-refractivity contribution in [2.24, 2.45) is 0 Å². The lowest BCUT2D eigenvalue weighted by Crippen LogP contribution is -2.44. The minimum absolute atomic E-state index is 0.288. The Hall–Kier alpha value is -1.65. The SMILES string of the molecule is C/C=C/[C@@H](O)[C@H](CO)NC(=O)/C=C(\C)CC/C=C(\C)CCC=C(C)C. The maximum absolute atomic E-state index is 12.0. The molecule has 0 unspecified atom stereocenters. The molecule has 2 atom stereocenters. The van der Waals surface area contributed by atoms with Crippen LogP contribution in [0.25, 0.3) is 0 Å². The summed E-state index contributed by atoms with van der Waals surface area (Å²) in [7, 11) is 0. The zero-order chi connectivity index (χ0) is 19.2. The van der Waals surface area contributed by atoms with Crippen molar-refractivity contribution in [1.82, 2.24) is 5.32 Å². The lowest BCUT2D eigenvalue weighted by atomic mass is 10.1. The second-order valence-corrected chi connectivity index (χ2v) is 6.71. The average Bonchev–Trinajstić information content (AvgIpc) is 2.52. The van der Waals surface area contributed by atoms with Gasteiger partial charge in [0.1, 0.15) is 0 Å². The predicted molar refractivity (Wildman–Crippen MR) is 105 cm³/mol. The monoisotopic (exact) mass is 349 g/mol. The van der Waals surface area contributed by atoms with Crippen LogP contribution in [0.15, 0.2) is 47.1 Å². The summed E-state index contributed by atoms with van der Waals surface area (Å²) in [6.45, 7) is 9.74. The maximum Gasteiger partial charge on any atom is 0.244 e. The number of rotatable bonds is 11. The van der Waals surface area contributed by atoms with Crippen LogP contribution in [-0.2, 0) is 4.79 Å². The molecule has 3 N–H and O–H groups in total. The summed E-state index contributed by atoms with van der Waals surface area (Å²) in [6.07, 6.45) is 12.2. The van der Waals surface area contributed by atoms with E-state index in [9.17, 15) is 15.0 Å². The van der Waals surface area contributed by atoms with E-state index in [1.54, 1.807) is 19.1 Å². The lowest BCUT2D eigenvalue weighted by molar-refractivity contribution is -0.118. The van der Waals surface area contributed by atoms with Gasteiger partial charge in [-0.2, -0.15) is 0 Å². The quantitative estimate of drug-likeness (QED) is 0.392. The van der Waals surface area contributed by atoms with Gasteiger partial charge in [0.25, 0.3) is 0 Å². The maximum atomic E-state index is 12.0. The molecule has 0 fully saturated rings. The number of aliphatic hydroxyl groups is 2. The average molecular weight is 350 g/mol. The van der Waals surface area contributed by atoms with E-state index in [2.05, 4.69) is 38.2 Å². The molecule has 0 aliphatic rings. The first-order valence-corrected chi connectivity index (χ1v) is 8.98. The summed E-state index contributed by atoms with van der Waals surface area (Å²) in [5.74, 6) is -0.288. The Balaban J connectivity index is 4.38. The third-order valence-corrected chi connectivity index (χ3v) is 3.83. The fraction of sp³-hybridized carbons (Fsp3) is 0.571. The Bertz CT molecular complexity index is 511. The van der Waals surface area contributed by atoms with E-state index >= 15 is 0 Å². The highest BCUT2D eigenvalue weighted by Gasteiger charge is 2.17. The van der Waals surface area contributed by atoms with Crippen molar-refractivity contribution in [3.05, 3.63) is 47.1 Å². The molecule has 0 aromatic carbocycles. The number of aliphatic hydroxyl groups excluding tert-OH is 2. The van der Waals surface area contributed by atoms with Gasteiger partial charge in [-0.1, -0.05) is 41.0 Å². The molecule has 4 heteroatoms. The predicted octanol–water partition coefficient (Wildman–Crippen LogP) is 3.82. The Morgan fingerprint density at radius 2 is 1.64 bits per heavy atom. The molecule has 0 saturated carbocycles. The lowest BCUT2D eigenvalue weighted by Gasteiger charge is -2.19. The number of hydrogen-bond acceptors (Lipinski definition) is 3. The summed E-state index contributed by atoms with van der Waals surface area (Å²) >= 11 is 0. The second-order valence-electron chi connectivity index (χ2n) is 6.71. The summed E-state index contributed by atoms with van der Waals surface area (Å²) in [5.41, 5.74) is 3.69. The van der Waals surface area contributed by atoms with Crippen LogP contribution in [0, 0.1) is 0 Å². The number of amides is 1. The van der Waals surface area contributed by atoms with E-state index in [1.165, 1.54) is 17.2 Å². The van der Waals surface area contributed by atoms with Crippen molar-refractivity contribution in [2.75, 3.05) is 6.61 Å². The number of carbonyl (C=O) groups excluding carboxylic acids is 1. The van der Waals surface area contributed by atoms with Crippen LogP contribution in [0.4, 0.5) is 0 Å². The van der Waals surface area contributed by atoms with Crippen molar-refractivity contribution in [2.45, 2.75) is 72.4 Å². The van der Waals surface area contributed by atoms with Crippen LogP contribution < -0.4 is 5.32 Å². The van der Waals surface area contributed by atoms with Crippen molar-refractivity contribution in [1.29, 1.82) is 0 Å². The van der Waals surface area contributed by atoms with Gasteiger partial charge in [-0.15, -0.1) is 0 Å². The number of allylic oxidation sites excluding steroid dienone is 6. The van der Waals surface area contributed by atoms with Crippen LogP contribution in [0.1, 0.15) is 60.3 Å². The highest BCUT2D eigenvalue weighted by atomic mass is 16.3. The van der Waals surface area contributed by atoms with Crippen LogP contribution in [0.5, 0.6) is 0 Å². The molecule has 0 heterocycles. The van der Waals surface area contributed by atoms with Crippen molar-refractivity contribution >= 4 is 5.91 Å². The van der Waals surface area contributed by atoms with E-state index < -0.39 is 12.1 Å². The molecule has 4 nitrogen and oxygen atoms in total. The van der Waals surface area contributed by atoms with Crippen LogP contribution in [0.2, 0.25) is 0 Å². The molecular weight excluding hydrogens is 314 g/mol. The topological polar surface area (TPSA) is 69.6 Å². The van der Waals surface area contributed by atoms with Crippen LogP contribution >= 0.6 is 0 Å². The van der Waals surface area contributed by atoms with Gasteiger partial charge >= 0.3 is 0 Å². The first-order valence-electron chi connectivity index (χ1n) is 8.98. The van der Waals surface area contributed by atoms with E-state index in [4.69, 9.17) is 0 Å². The highest BCUT2D eigenvalue weighted by Crippen LogP contribution is 2.11. The molecular formula is C21H35NO3.